The minimum absolute atomic E-state index is 0.0639. The number of pyridine rings is 1. The molecule has 1 aromatic carbocycles. The predicted octanol–water partition coefficient (Wildman–Crippen LogP) is 3.81. The van der Waals surface area contributed by atoms with Gasteiger partial charge in [-0.3, -0.25) is 4.98 Å². The van der Waals surface area contributed by atoms with Gasteiger partial charge in [0.1, 0.15) is 0 Å². The Morgan fingerprint density at radius 1 is 1.11 bits per heavy atom. The van der Waals surface area contributed by atoms with Gasteiger partial charge in [0.05, 0.1) is 12.2 Å². The molecule has 94 valence electrons. The highest BCUT2D eigenvalue weighted by Gasteiger charge is 2.24. The number of benzene rings is 1. The molecule has 0 amide bonds. The van der Waals surface area contributed by atoms with Crippen LogP contribution < -0.4 is 5.32 Å². The lowest BCUT2D eigenvalue weighted by Gasteiger charge is -2.11. The van der Waals surface area contributed by atoms with Crippen LogP contribution in [0.2, 0.25) is 0 Å². The lowest BCUT2D eigenvalue weighted by atomic mass is 10.1. The molecule has 1 heterocycles. The first-order chi connectivity index (χ1) is 8.55. The van der Waals surface area contributed by atoms with Gasteiger partial charge < -0.3 is 5.32 Å². The molecule has 1 N–H and O–H groups in total. The van der Waals surface area contributed by atoms with Crippen LogP contribution in [0.3, 0.4) is 0 Å². The minimum atomic E-state index is -2.83. The molecule has 0 aliphatic carbocycles. The van der Waals surface area contributed by atoms with Gasteiger partial charge in [-0.25, -0.2) is 8.78 Å². The van der Waals surface area contributed by atoms with Crippen molar-refractivity contribution < 1.29 is 8.78 Å². The zero-order valence-electron chi connectivity index (χ0n) is 10.0. The van der Waals surface area contributed by atoms with Crippen LogP contribution in [0, 0.1) is 0 Å². The molecular weight excluding hydrogens is 234 g/mol. The monoisotopic (exact) mass is 248 g/mol. The van der Waals surface area contributed by atoms with Gasteiger partial charge in [-0.15, -0.1) is 0 Å². The fourth-order valence-corrected chi connectivity index (χ4v) is 1.54. The summed E-state index contributed by atoms with van der Waals surface area (Å²) in [5, 5.41) is 3.17. The maximum atomic E-state index is 13.0. The highest BCUT2D eigenvalue weighted by Crippen LogP contribution is 2.25. The van der Waals surface area contributed by atoms with Crippen LogP contribution in [-0.2, 0) is 12.5 Å². The summed E-state index contributed by atoms with van der Waals surface area (Å²) in [6.07, 6.45) is 1.22. The van der Waals surface area contributed by atoms with Crippen LogP contribution in [0.15, 0.2) is 48.7 Å². The normalized spacial score (nSPS) is 11.3. The molecule has 0 aliphatic heterocycles. The third kappa shape index (κ3) is 3.26. The Balaban J connectivity index is 1.99. The SMILES string of the molecule is CC(F)(F)c1ccc(CNc2ccccc2)nc1. The number of nitrogens with zero attached hydrogens (tertiary/aromatic N) is 1. The zero-order valence-corrected chi connectivity index (χ0v) is 10.0. The molecule has 0 saturated heterocycles. The van der Waals surface area contributed by atoms with Crippen molar-refractivity contribution in [1.82, 2.24) is 4.98 Å². The molecule has 0 radical (unpaired) electrons. The van der Waals surface area contributed by atoms with Gasteiger partial charge in [0.2, 0.25) is 0 Å². The average Bonchev–Trinajstić information content (AvgIpc) is 2.37. The van der Waals surface area contributed by atoms with Gasteiger partial charge in [0, 0.05) is 24.4 Å². The molecule has 0 spiro atoms. The topological polar surface area (TPSA) is 24.9 Å². The van der Waals surface area contributed by atoms with Crippen molar-refractivity contribution in [2.45, 2.75) is 19.4 Å². The number of hydrogen-bond acceptors (Lipinski definition) is 2. The first-order valence-electron chi connectivity index (χ1n) is 5.68. The zero-order chi connectivity index (χ0) is 13.0. The first kappa shape index (κ1) is 12.5. The number of hydrogen-bond donors (Lipinski definition) is 1. The lowest BCUT2D eigenvalue weighted by molar-refractivity contribution is 0.0171. The van der Waals surface area contributed by atoms with E-state index in [1.165, 1.54) is 12.3 Å². The van der Waals surface area contributed by atoms with Gasteiger partial charge in [-0.1, -0.05) is 18.2 Å². The number of nitrogens with one attached hydrogen (secondary N) is 1. The molecule has 0 atom stereocenters. The van der Waals surface area contributed by atoms with Crippen molar-refractivity contribution in [3.8, 4) is 0 Å². The quantitative estimate of drug-likeness (QED) is 0.890. The summed E-state index contributed by atoms with van der Waals surface area (Å²) < 4.78 is 26.0. The van der Waals surface area contributed by atoms with E-state index in [0.29, 0.717) is 6.54 Å². The highest BCUT2D eigenvalue weighted by molar-refractivity contribution is 5.42. The Morgan fingerprint density at radius 3 is 2.39 bits per heavy atom. The lowest BCUT2D eigenvalue weighted by Crippen LogP contribution is -2.08. The Kier molecular flexibility index (Phi) is 3.55. The summed E-state index contributed by atoms with van der Waals surface area (Å²) in [6, 6.07) is 12.7. The molecule has 2 aromatic rings. The largest absolute Gasteiger partial charge is 0.379 e. The molecule has 2 rings (SSSR count). The van der Waals surface area contributed by atoms with Gasteiger partial charge in [-0.2, -0.15) is 0 Å². The molecule has 4 heteroatoms. The number of aromatic nitrogens is 1. The Labute approximate surface area is 105 Å². The molecule has 0 bridgehead atoms. The first-order valence-corrected chi connectivity index (χ1v) is 5.68. The molecule has 0 unspecified atom stereocenters. The van der Waals surface area contributed by atoms with Crippen LogP contribution in [-0.4, -0.2) is 4.98 Å². The fraction of sp³-hybridized carbons (Fsp3) is 0.214. The molecule has 2 nitrogen and oxygen atoms in total. The Hall–Kier alpha value is -1.97. The molecule has 18 heavy (non-hydrogen) atoms. The summed E-state index contributed by atoms with van der Waals surface area (Å²) in [5.41, 5.74) is 1.64. The maximum absolute atomic E-state index is 13.0. The van der Waals surface area contributed by atoms with Gasteiger partial charge in [0.25, 0.3) is 5.92 Å². The van der Waals surface area contributed by atoms with E-state index in [2.05, 4.69) is 10.3 Å². The third-order valence-electron chi connectivity index (χ3n) is 2.58. The van der Waals surface area contributed by atoms with Crippen molar-refractivity contribution in [3.63, 3.8) is 0 Å². The summed E-state index contributed by atoms with van der Waals surface area (Å²) in [5.74, 6) is -2.83. The van der Waals surface area contributed by atoms with Crippen LogP contribution in [0.1, 0.15) is 18.2 Å². The highest BCUT2D eigenvalue weighted by atomic mass is 19.3. The van der Waals surface area contributed by atoms with Crippen molar-refractivity contribution in [1.29, 1.82) is 0 Å². The number of rotatable bonds is 4. The van der Waals surface area contributed by atoms with Gasteiger partial charge in [0.15, 0.2) is 0 Å². The number of para-hydroxylation sites is 1. The smallest absolute Gasteiger partial charge is 0.272 e. The van der Waals surface area contributed by atoms with E-state index in [1.54, 1.807) is 6.07 Å². The maximum Gasteiger partial charge on any atom is 0.272 e. The van der Waals surface area contributed by atoms with Crippen LogP contribution >= 0.6 is 0 Å². The standard InChI is InChI=1S/C14H14F2N2/c1-14(15,16)11-7-8-13(17-9-11)10-18-12-5-3-2-4-6-12/h2-9,18H,10H2,1H3. The van der Waals surface area contributed by atoms with E-state index in [0.717, 1.165) is 18.3 Å². The number of anilines is 1. The molecular formula is C14H14F2N2. The van der Waals surface area contributed by atoms with Gasteiger partial charge >= 0.3 is 0 Å². The molecule has 0 aliphatic rings. The number of alkyl halides is 2. The van der Waals surface area contributed by atoms with Crippen LogP contribution in [0.4, 0.5) is 14.5 Å². The summed E-state index contributed by atoms with van der Waals surface area (Å²) in [7, 11) is 0. The predicted molar refractivity (Wildman–Crippen MR) is 67.6 cm³/mol. The summed E-state index contributed by atoms with van der Waals surface area (Å²) in [4.78, 5) is 4.02. The Morgan fingerprint density at radius 2 is 1.83 bits per heavy atom. The van der Waals surface area contributed by atoms with Gasteiger partial charge in [-0.05, 0) is 24.3 Å². The van der Waals surface area contributed by atoms with Crippen LogP contribution in [0.5, 0.6) is 0 Å². The van der Waals surface area contributed by atoms with Crippen molar-refractivity contribution in [2.75, 3.05) is 5.32 Å². The molecule has 0 fully saturated rings. The van der Waals surface area contributed by atoms with E-state index in [-0.39, 0.29) is 5.56 Å². The number of halogens is 2. The van der Waals surface area contributed by atoms with Crippen molar-refractivity contribution >= 4 is 5.69 Å². The van der Waals surface area contributed by atoms with E-state index in [1.807, 2.05) is 30.3 Å². The van der Waals surface area contributed by atoms with E-state index >= 15 is 0 Å². The summed E-state index contributed by atoms with van der Waals surface area (Å²) >= 11 is 0. The van der Waals surface area contributed by atoms with Crippen molar-refractivity contribution in [2.24, 2.45) is 0 Å². The average molecular weight is 248 g/mol. The fourth-order valence-electron chi connectivity index (χ4n) is 1.54. The second-order valence-electron chi connectivity index (χ2n) is 4.15. The molecule has 1 aromatic heterocycles. The van der Waals surface area contributed by atoms with E-state index in [4.69, 9.17) is 0 Å². The third-order valence-corrected chi connectivity index (χ3v) is 2.58. The van der Waals surface area contributed by atoms with Crippen molar-refractivity contribution in [3.05, 3.63) is 59.9 Å². The Bertz CT molecular complexity index is 489. The van der Waals surface area contributed by atoms with E-state index in [9.17, 15) is 8.78 Å². The second-order valence-corrected chi connectivity index (χ2v) is 4.15. The minimum Gasteiger partial charge on any atom is -0.379 e. The molecule has 0 saturated carbocycles. The van der Waals surface area contributed by atoms with E-state index < -0.39 is 5.92 Å². The van der Waals surface area contributed by atoms with Crippen LogP contribution in [0.25, 0.3) is 0 Å². The second kappa shape index (κ2) is 5.12. The summed E-state index contributed by atoms with van der Waals surface area (Å²) in [6.45, 7) is 1.38.